The lowest BCUT2D eigenvalue weighted by Gasteiger charge is -2.29. The van der Waals surface area contributed by atoms with Gasteiger partial charge in [-0.25, -0.2) is 4.39 Å². The molecular formula is C14H21BrFN3. The van der Waals surface area contributed by atoms with Crippen molar-refractivity contribution in [3.05, 3.63) is 22.4 Å². The highest BCUT2D eigenvalue weighted by Crippen LogP contribution is 2.27. The van der Waals surface area contributed by atoms with E-state index < -0.39 is 0 Å². The summed E-state index contributed by atoms with van der Waals surface area (Å²) < 4.78 is 13.8. The van der Waals surface area contributed by atoms with E-state index in [0.29, 0.717) is 15.8 Å². The number of nitrogen functional groups attached to an aromatic ring is 1. The summed E-state index contributed by atoms with van der Waals surface area (Å²) in [6.45, 7) is 3.21. The molecule has 0 radical (unpaired) electrons. The minimum atomic E-state index is -0.281. The molecule has 0 spiro atoms. The Balaban J connectivity index is 1.81. The Bertz CT molecular complexity index is 431. The lowest BCUT2D eigenvalue weighted by Crippen LogP contribution is -2.30. The van der Waals surface area contributed by atoms with Crippen molar-refractivity contribution < 1.29 is 4.39 Å². The summed E-state index contributed by atoms with van der Waals surface area (Å²) in [6.07, 6.45) is 3.62. The molecule has 1 aromatic carbocycles. The van der Waals surface area contributed by atoms with Crippen molar-refractivity contribution in [2.24, 2.45) is 5.92 Å². The number of nitrogens with two attached hydrogens (primary N) is 1. The largest absolute Gasteiger partial charge is 0.397 e. The summed E-state index contributed by atoms with van der Waals surface area (Å²) in [5.41, 5.74) is 7.13. The van der Waals surface area contributed by atoms with Crippen LogP contribution >= 0.6 is 15.9 Å². The first-order valence-electron chi connectivity index (χ1n) is 6.73. The van der Waals surface area contributed by atoms with Crippen LogP contribution in [0.5, 0.6) is 0 Å². The summed E-state index contributed by atoms with van der Waals surface area (Å²) in [6, 6.07) is 3.06. The minimum absolute atomic E-state index is 0.281. The van der Waals surface area contributed by atoms with Gasteiger partial charge in [0.25, 0.3) is 0 Å². The molecule has 1 saturated heterocycles. The van der Waals surface area contributed by atoms with Gasteiger partial charge in [-0.3, -0.25) is 0 Å². The first-order chi connectivity index (χ1) is 9.06. The quantitative estimate of drug-likeness (QED) is 0.832. The summed E-state index contributed by atoms with van der Waals surface area (Å²) in [5, 5.41) is 3.24. The average molecular weight is 330 g/mol. The third-order valence-corrected chi connectivity index (χ3v) is 4.41. The zero-order valence-corrected chi connectivity index (χ0v) is 12.8. The number of halogens is 2. The van der Waals surface area contributed by atoms with Crippen LogP contribution in [0.25, 0.3) is 0 Å². The van der Waals surface area contributed by atoms with Gasteiger partial charge in [0.2, 0.25) is 0 Å². The first-order valence-corrected chi connectivity index (χ1v) is 7.52. The van der Waals surface area contributed by atoms with E-state index in [2.05, 4.69) is 33.2 Å². The van der Waals surface area contributed by atoms with Gasteiger partial charge in [-0.1, -0.05) is 0 Å². The van der Waals surface area contributed by atoms with Crippen LogP contribution in [0.4, 0.5) is 15.8 Å². The van der Waals surface area contributed by atoms with Crippen molar-refractivity contribution in [3.63, 3.8) is 0 Å². The maximum absolute atomic E-state index is 13.4. The molecule has 5 heteroatoms. The van der Waals surface area contributed by atoms with E-state index in [1.54, 1.807) is 6.07 Å². The molecule has 0 bridgehead atoms. The van der Waals surface area contributed by atoms with Gasteiger partial charge in [-0.05, 0) is 67.3 Å². The number of hydrogen-bond acceptors (Lipinski definition) is 3. The molecule has 0 saturated carbocycles. The van der Waals surface area contributed by atoms with Gasteiger partial charge in [0, 0.05) is 12.6 Å². The fourth-order valence-electron chi connectivity index (χ4n) is 2.48. The lowest BCUT2D eigenvalue weighted by atomic mass is 9.94. The SMILES string of the molecule is CN1CCC(CCNc2cc(F)c(Br)cc2N)CC1. The smallest absolute Gasteiger partial charge is 0.139 e. The van der Waals surface area contributed by atoms with Crippen LogP contribution in [0.3, 0.4) is 0 Å². The van der Waals surface area contributed by atoms with E-state index in [0.717, 1.165) is 18.9 Å². The predicted molar refractivity (Wildman–Crippen MR) is 81.8 cm³/mol. The van der Waals surface area contributed by atoms with Crippen LogP contribution < -0.4 is 11.1 Å². The Kier molecular flexibility index (Phi) is 5.05. The van der Waals surface area contributed by atoms with Crippen molar-refractivity contribution >= 4 is 27.3 Å². The summed E-state index contributed by atoms with van der Waals surface area (Å²) in [7, 11) is 2.17. The minimum Gasteiger partial charge on any atom is -0.397 e. The molecule has 3 nitrogen and oxygen atoms in total. The lowest BCUT2D eigenvalue weighted by molar-refractivity contribution is 0.215. The molecule has 1 fully saturated rings. The van der Waals surface area contributed by atoms with Crippen LogP contribution in [-0.2, 0) is 0 Å². The van der Waals surface area contributed by atoms with Crippen LogP contribution in [0.1, 0.15) is 19.3 Å². The number of rotatable bonds is 4. The second-order valence-corrected chi connectivity index (χ2v) is 6.17. The number of piperidine rings is 1. The first kappa shape index (κ1) is 14.6. The molecule has 0 aromatic heterocycles. The van der Waals surface area contributed by atoms with Gasteiger partial charge in [0.1, 0.15) is 5.82 Å². The number of likely N-dealkylation sites (tertiary alicyclic amines) is 1. The monoisotopic (exact) mass is 329 g/mol. The van der Waals surface area contributed by atoms with E-state index in [-0.39, 0.29) is 5.82 Å². The highest BCUT2D eigenvalue weighted by atomic mass is 79.9. The van der Waals surface area contributed by atoms with Gasteiger partial charge < -0.3 is 16.0 Å². The molecule has 19 heavy (non-hydrogen) atoms. The van der Waals surface area contributed by atoms with Crippen molar-refractivity contribution in [3.8, 4) is 0 Å². The molecule has 1 aliphatic rings. The topological polar surface area (TPSA) is 41.3 Å². The molecule has 0 amide bonds. The van der Waals surface area contributed by atoms with Crippen LogP contribution in [-0.4, -0.2) is 31.6 Å². The van der Waals surface area contributed by atoms with Gasteiger partial charge in [-0.15, -0.1) is 0 Å². The van der Waals surface area contributed by atoms with E-state index in [4.69, 9.17) is 5.73 Å². The molecule has 0 atom stereocenters. The van der Waals surface area contributed by atoms with Gasteiger partial charge in [0.15, 0.2) is 0 Å². The Morgan fingerprint density at radius 1 is 1.42 bits per heavy atom. The normalized spacial score (nSPS) is 17.6. The van der Waals surface area contributed by atoms with E-state index >= 15 is 0 Å². The van der Waals surface area contributed by atoms with Crippen LogP contribution in [0.2, 0.25) is 0 Å². The summed E-state index contributed by atoms with van der Waals surface area (Å²) in [5.74, 6) is 0.487. The molecule has 3 N–H and O–H groups in total. The van der Waals surface area contributed by atoms with Gasteiger partial charge in [-0.2, -0.15) is 0 Å². The average Bonchev–Trinajstić information content (AvgIpc) is 2.38. The van der Waals surface area contributed by atoms with E-state index in [1.165, 1.54) is 32.0 Å². The molecular weight excluding hydrogens is 309 g/mol. The standard InChI is InChI=1S/C14H21BrFN3/c1-19-6-3-10(4-7-19)2-5-18-14-9-12(16)11(15)8-13(14)17/h8-10,18H,2-7,17H2,1H3. The Morgan fingerprint density at radius 2 is 2.11 bits per heavy atom. The zero-order valence-electron chi connectivity index (χ0n) is 11.3. The van der Waals surface area contributed by atoms with Crippen LogP contribution in [0.15, 0.2) is 16.6 Å². The van der Waals surface area contributed by atoms with E-state index in [1.807, 2.05) is 0 Å². The van der Waals surface area contributed by atoms with Crippen molar-refractivity contribution in [1.29, 1.82) is 0 Å². The third kappa shape index (κ3) is 4.08. The summed E-state index contributed by atoms with van der Waals surface area (Å²) in [4.78, 5) is 2.37. The predicted octanol–water partition coefficient (Wildman–Crippen LogP) is 3.31. The molecule has 0 aliphatic carbocycles. The number of anilines is 2. The van der Waals surface area contributed by atoms with Crippen molar-refractivity contribution in [2.45, 2.75) is 19.3 Å². The highest BCUT2D eigenvalue weighted by Gasteiger charge is 2.16. The number of benzene rings is 1. The summed E-state index contributed by atoms with van der Waals surface area (Å²) >= 11 is 3.13. The molecule has 106 valence electrons. The number of nitrogens with zero attached hydrogens (tertiary/aromatic N) is 1. The third-order valence-electron chi connectivity index (χ3n) is 3.80. The maximum atomic E-state index is 13.4. The molecule has 0 unspecified atom stereocenters. The molecule has 1 aromatic rings. The van der Waals surface area contributed by atoms with Crippen LogP contribution in [0, 0.1) is 11.7 Å². The maximum Gasteiger partial charge on any atom is 0.139 e. The van der Waals surface area contributed by atoms with Crippen molar-refractivity contribution in [2.75, 3.05) is 37.7 Å². The number of hydrogen-bond donors (Lipinski definition) is 2. The Labute approximate surface area is 122 Å². The molecule has 1 aliphatic heterocycles. The fourth-order valence-corrected chi connectivity index (χ4v) is 2.84. The highest BCUT2D eigenvalue weighted by molar-refractivity contribution is 9.10. The second kappa shape index (κ2) is 6.57. The van der Waals surface area contributed by atoms with E-state index in [9.17, 15) is 4.39 Å². The van der Waals surface area contributed by atoms with Crippen molar-refractivity contribution in [1.82, 2.24) is 4.90 Å². The molecule has 2 rings (SSSR count). The van der Waals surface area contributed by atoms with Gasteiger partial charge >= 0.3 is 0 Å². The Morgan fingerprint density at radius 3 is 2.79 bits per heavy atom. The second-order valence-electron chi connectivity index (χ2n) is 5.32. The molecule has 1 heterocycles. The Hall–Kier alpha value is -0.810. The fraction of sp³-hybridized carbons (Fsp3) is 0.571. The zero-order chi connectivity index (χ0) is 13.8. The van der Waals surface area contributed by atoms with Gasteiger partial charge in [0.05, 0.1) is 15.8 Å². The number of nitrogens with one attached hydrogen (secondary N) is 1.